The highest BCUT2D eigenvalue weighted by Gasteiger charge is 2.21. The molecule has 0 N–H and O–H groups in total. The molecule has 0 spiro atoms. The standard InChI is InChI=1S/C20H14N6S2/c1-11-12(2)26(20-22-13-6-3-4-7-14(13)28-20)18-16(11)19-23-17(15-8-5-9-27-15)24-25(19)10-21-18/h3-10H,1-2H3. The lowest BCUT2D eigenvalue weighted by molar-refractivity contribution is 0.926. The zero-order chi connectivity index (χ0) is 18.8. The zero-order valence-corrected chi connectivity index (χ0v) is 16.8. The molecule has 0 radical (unpaired) electrons. The van der Waals surface area contributed by atoms with Crippen LogP contribution >= 0.6 is 22.7 Å². The summed E-state index contributed by atoms with van der Waals surface area (Å²) in [6.07, 6.45) is 1.74. The molecule has 6 nitrogen and oxygen atoms in total. The van der Waals surface area contributed by atoms with Gasteiger partial charge in [0.15, 0.2) is 22.3 Å². The highest BCUT2D eigenvalue weighted by molar-refractivity contribution is 7.20. The molecule has 0 aliphatic heterocycles. The fourth-order valence-electron chi connectivity index (χ4n) is 3.56. The van der Waals surface area contributed by atoms with Crippen molar-refractivity contribution >= 4 is 49.6 Å². The summed E-state index contributed by atoms with van der Waals surface area (Å²) in [7, 11) is 0. The van der Waals surface area contributed by atoms with Gasteiger partial charge in [-0.05, 0) is 43.0 Å². The number of thiazole rings is 1. The third kappa shape index (κ3) is 2.12. The maximum absolute atomic E-state index is 4.83. The Morgan fingerprint density at radius 2 is 1.86 bits per heavy atom. The summed E-state index contributed by atoms with van der Waals surface area (Å²) >= 11 is 3.31. The minimum Gasteiger partial charge on any atom is -0.273 e. The molecule has 0 fully saturated rings. The second-order valence-corrected chi connectivity index (χ2v) is 8.59. The predicted octanol–water partition coefficient (Wildman–Crippen LogP) is 5.02. The van der Waals surface area contributed by atoms with Gasteiger partial charge in [-0.3, -0.25) is 4.57 Å². The lowest BCUT2D eigenvalue weighted by Crippen LogP contribution is -1.98. The molecule has 0 saturated heterocycles. The normalized spacial score (nSPS) is 11.9. The molecule has 6 rings (SSSR count). The fraction of sp³-hybridized carbons (Fsp3) is 0.100. The Hall–Kier alpha value is -3.10. The summed E-state index contributed by atoms with van der Waals surface area (Å²) in [6.45, 7) is 4.22. The molecule has 136 valence electrons. The third-order valence-corrected chi connectivity index (χ3v) is 6.94. The Morgan fingerprint density at radius 1 is 0.964 bits per heavy atom. The van der Waals surface area contributed by atoms with Crippen LogP contribution in [0.25, 0.3) is 42.7 Å². The molecule has 0 bridgehead atoms. The van der Waals surface area contributed by atoms with Crippen LogP contribution in [-0.2, 0) is 0 Å². The molecular formula is C20H14N6S2. The first-order valence-electron chi connectivity index (χ1n) is 8.83. The van der Waals surface area contributed by atoms with Gasteiger partial charge in [0.2, 0.25) is 0 Å². The van der Waals surface area contributed by atoms with Crippen molar-refractivity contribution < 1.29 is 0 Å². The van der Waals surface area contributed by atoms with E-state index in [-0.39, 0.29) is 0 Å². The van der Waals surface area contributed by atoms with Crippen LogP contribution in [0.15, 0.2) is 48.1 Å². The number of nitrogens with zero attached hydrogens (tertiary/aromatic N) is 6. The molecule has 0 saturated carbocycles. The number of fused-ring (bicyclic) bond motifs is 4. The van der Waals surface area contributed by atoms with Crippen molar-refractivity contribution in [1.29, 1.82) is 0 Å². The van der Waals surface area contributed by atoms with E-state index in [1.165, 1.54) is 4.70 Å². The SMILES string of the molecule is Cc1c(C)n(-c2nc3ccccc3s2)c2ncn3nc(-c4cccs4)nc3c12. The molecule has 5 heterocycles. The maximum atomic E-state index is 4.83. The molecule has 0 aliphatic rings. The van der Waals surface area contributed by atoms with Crippen LogP contribution < -0.4 is 0 Å². The Labute approximate surface area is 167 Å². The molecule has 0 aliphatic carbocycles. The number of hydrogen-bond acceptors (Lipinski definition) is 6. The van der Waals surface area contributed by atoms with Crippen molar-refractivity contribution in [2.24, 2.45) is 0 Å². The number of aryl methyl sites for hydroxylation is 1. The van der Waals surface area contributed by atoms with E-state index in [9.17, 15) is 0 Å². The van der Waals surface area contributed by atoms with Crippen molar-refractivity contribution in [3.8, 4) is 15.8 Å². The lowest BCUT2D eigenvalue weighted by Gasteiger charge is -2.02. The topological polar surface area (TPSA) is 60.9 Å². The molecule has 0 unspecified atom stereocenters. The smallest absolute Gasteiger partial charge is 0.196 e. The Morgan fingerprint density at radius 3 is 2.68 bits per heavy atom. The van der Waals surface area contributed by atoms with Crippen molar-refractivity contribution in [1.82, 2.24) is 29.1 Å². The van der Waals surface area contributed by atoms with Gasteiger partial charge in [-0.25, -0.2) is 19.5 Å². The maximum Gasteiger partial charge on any atom is 0.196 e. The molecule has 1 aromatic carbocycles. The van der Waals surface area contributed by atoms with Crippen LogP contribution in [0.1, 0.15) is 11.3 Å². The van der Waals surface area contributed by atoms with Crippen molar-refractivity contribution in [2.75, 3.05) is 0 Å². The minimum absolute atomic E-state index is 0.731. The molecule has 5 aromatic heterocycles. The van der Waals surface area contributed by atoms with E-state index in [1.54, 1.807) is 33.5 Å². The second kappa shape index (κ2) is 5.70. The van der Waals surface area contributed by atoms with Gasteiger partial charge >= 0.3 is 0 Å². The highest BCUT2D eigenvalue weighted by Crippen LogP contribution is 2.34. The summed E-state index contributed by atoms with van der Waals surface area (Å²) in [5.41, 5.74) is 4.97. The van der Waals surface area contributed by atoms with Gasteiger partial charge < -0.3 is 0 Å². The molecule has 0 atom stereocenters. The van der Waals surface area contributed by atoms with Crippen LogP contribution in [0, 0.1) is 13.8 Å². The minimum atomic E-state index is 0.731. The van der Waals surface area contributed by atoms with Crippen LogP contribution in [-0.4, -0.2) is 29.1 Å². The number of aromatic nitrogens is 6. The summed E-state index contributed by atoms with van der Waals surface area (Å²) in [5, 5.41) is 8.61. The zero-order valence-electron chi connectivity index (χ0n) is 15.1. The molecule has 0 amide bonds. The monoisotopic (exact) mass is 402 g/mol. The van der Waals surface area contributed by atoms with Crippen LogP contribution in [0.3, 0.4) is 0 Å². The number of benzene rings is 1. The van der Waals surface area contributed by atoms with Gasteiger partial charge in [0.05, 0.1) is 20.5 Å². The summed E-state index contributed by atoms with van der Waals surface area (Å²) in [6, 6.07) is 12.2. The molecule has 8 heteroatoms. The highest BCUT2D eigenvalue weighted by atomic mass is 32.1. The van der Waals surface area contributed by atoms with Crippen LogP contribution in [0.5, 0.6) is 0 Å². The largest absolute Gasteiger partial charge is 0.273 e. The summed E-state index contributed by atoms with van der Waals surface area (Å²) < 4.78 is 5.07. The lowest BCUT2D eigenvalue weighted by atomic mass is 10.2. The number of rotatable bonds is 2. The van der Waals surface area contributed by atoms with Crippen LogP contribution in [0.4, 0.5) is 0 Å². The number of para-hydroxylation sites is 1. The Balaban J connectivity index is 1.66. The molecule has 28 heavy (non-hydrogen) atoms. The van der Waals surface area contributed by atoms with E-state index in [0.717, 1.165) is 49.3 Å². The average Bonchev–Trinajstić information content (AvgIpc) is 3.47. The summed E-state index contributed by atoms with van der Waals surface area (Å²) in [4.78, 5) is 15.4. The van der Waals surface area contributed by atoms with Crippen molar-refractivity contribution in [2.45, 2.75) is 13.8 Å². The fourth-order valence-corrected chi connectivity index (χ4v) is 5.23. The summed E-state index contributed by atoms with van der Waals surface area (Å²) in [5.74, 6) is 0.731. The number of thiophene rings is 1. The van der Waals surface area contributed by atoms with E-state index >= 15 is 0 Å². The van der Waals surface area contributed by atoms with E-state index in [2.05, 4.69) is 29.6 Å². The van der Waals surface area contributed by atoms with Crippen molar-refractivity contribution in [3.63, 3.8) is 0 Å². The average molecular weight is 403 g/mol. The van der Waals surface area contributed by atoms with Gasteiger partial charge in [0.1, 0.15) is 6.33 Å². The molecule has 6 aromatic rings. The van der Waals surface area contributed by atoms with E-state index in [4.69, 9.17) is 15.0 Å². The van der Waals surface area contributed by atoms with Gasteiger partial charge in [-0.2, -0.15) is 0 Å². The Bertz CT molecular complexity index is 1450. The first kappa shape index (κ1) is 15.9. The van der Waals surface area contributed by atoms with E-state index in [1.807, 2.05) is 35.7 Å². The van der Waals surface area contributed by atoms with Gasteiger partial charge in [0.25, 0.3) is 0 Å². The van der Waals surface area contributed by atoms with E-state index in [0.29, 0.717) is 0 Å². The number of hydrogen-bond donors (Lipinski definition) is 0. The van der Waals surface area contributed by atoms with E-state index < -0.39 is 0 Å². The first-order valence-corrected chi connectivity index (χ1v) is 10.5. The van der Waals surface area contributed by atoms with Gasteiger partial charge in [-0.15, -0.1) is 16.4 Å². The Kier molecular flexibility index (Phi) is 3.24. The quantitative estimate of drug-likeness (QED) is 0.408. The van der Waals surface area contributed by atoms with Gasteiger partial charge in [0, 0.05) is 5.69 Å². The second-order valence-electron chi connectivity index (χ2n) is 6.63. The predicted molar refractivity (Wildman–Crippen MR) is 114 cm³/mol. The van der Waals surface area contributed by atoms with Crippen LogP contribution in [0.2, 0.25) is 0 Å². The van der Waals surface area contributed by atoms with Gasteiger partial charge in [-0.1, -0.05) is 29.5 Å². The molecular weight excluding hydrogens is 388 g/mol. The third-order valence-electron chi connectivity index (χ3n) is 5.05. The van der Waals surface area contributed by atoms with Crippen molar-refractivity contribution in [3.05, 3.63) is 59.4 Å². The first-order chi connectivity index (χ1) is 13.7.